The number of imide groups is 1. The standard InChI is InChI=1S/C18H17BrF3N3O3/c1-16(2)14(26)25(12-5-7-13(8-6-12)28-18(20,21)22)15(27)24(16)11-17(19)9-3-4-10-23-17/h3-10,23H,11H2,1-2H3. The fourth-order valence-electron chi connectivity index (χ4n) is 2.95. The molecule has 0 aromatic heterocycles. The van der Waals surface area contributed by atoms with Gasteiger partial charge in [-0.1, -0.05) is 22.0 Å². The largest absolute Gasteiger partial charge is 0.573 e. The number of carbonyl (C=O) groups is 2. The monoisotopic (exact) mass is 459 g/mol. The van der Waals surface area contributed by atoms with Crippen LogP contribution in [0.3, 0.4) is 0 Å². The lowest BCUT2D eigenvalue weighted by Crippen LogP contribution is -2.53. The number of halogens is 4. The van der Waals surface area contributed by atoms with Crippen molar-refractivity contribution < 1.29 is 27.5 Å². The van der Waals surface area contributed by atoms with Gasteiger partial charge in [-0.15, -0.1) is 13.2 Å². The summed E-state index contributed by atoms with van der Waals surface area (Å²) in [6.45, 7) is 3.39. The van der Waals surface area contributed by atoms with E-state index in [1.165, 1.54) is 17.0 Å². The zero-order chi connectivity index (χ0) is 20.7. The van der Waals surface area contributed by atoms with E-state index in [9.17, 15) is 22.8 Å². The fourth-order valence-corrected chi connectivity index (χ4v) is 3.49. The number of nitrogens with one attached hydrogen (secondary N) is 1. The van der Waals surface area contributed by atoms with E-state index in [0.717, 1.165) is 17.0 Å². The van der Waals surface area contributed by atoms with Crippen molar-refractivity contribution in [3.8, 4) is 5.75 Å². The highest BCUT2D eigenvalue weighted by molar-refractivity contribution is 9.10. The Bertz CT molecular complexity index is 852. The number of amides is 3. The molecule has 1 N–H and O–H groups in total. The highest BCUT2D eigenvalue weighted by atomic mass is 79.9. The Kier molecular flexibility index (Phi) is 4.95. The Hall–Kier alpha value is -2.49. The number of allylic oxidation sites excluding steroid dienone is 2. The summed E-state index contributed by atoms with van der Waals surface area (Å²) in [6.07, 6.45) is 2.29. The molecule has 0 saturated carbocycles. The predicted octanol–water partition coefficient (Wildman–Crippen LogP) is 3.90. The molecule has 1 saturated heterocycles. The van der Waals surface area contributed by atoms with Crippen LogP contribution in [0.25, 0.3) is 0 Å². The van der Waals surface area contributed by atoms with Gasteiger partial charge < -0.3 is 15.0 Å². The summed E-state index contributed by atoms with van der Waals surface area (Å²) in [5.74, 6) is -0.914. The number of rotatable bonds is 4. The summed E-state index contributed by atoms with van der Waals surface area (Å²) in [5, 5.41) is 3.08. The molecule has 28 heavy (non-hydrogen) atoms. The van der Waals surface area contributed by atoms with Crippen LogP contribution in [0.5, 0.6) is 5.75 Å². The lowest BCUT2D eigenvalue weighted by atomic mass is 10.0. The number of anilines is 1. The molecule has 1 aromatic rings. The molecule has 6 nitrogen and oxygen atoms in total. The molecular formula is C18H17BrF3N3O3. The number of alkyl halides is 4. The maximum absolute atomic E-state index is 13.0. The van der Waals surface area contributed by atoms with Gasteiger partial charge in [0.1, 0.15) is 15.7 Å². The third-order valence-electron chi connectivity index (χ3n) is 4.43. The Balaban J connectivity index is 1.85. The number of nitrogens with zero attached hydrogens (tertiary/aromatic N) is 2. The van der Waals surface area contributed by atoms with E-state index >= 15 is 0 Å². The van der Waals surface area contributed by atoms with Crippen LogP contribution in [0.4, 0.5) is 23.7 Å². The molecule has 0 spiro atoms. The molecule has 0 radical (unpaired) electrons. The van der Waals surface area contributed by atoms with Crippen molar-refractivity contribution in [1.82, 2.24) is 10.2 Å². The third kappa shape index (κ3) is 3.87. The Labute approximate surface area is 167 Å². The molecule has 3 rings (SSSR count). The van der Waals surface area contributed by atoms with Crippen LogP contribution in [0.15, 0.2) is 48.7 Å². The second kappa shape index (κ2) is 6.84. The van der Waals surface area contributed by atoms with Gasteiger partial charge in [-0.2, -0.15) is 0 Å². The second-order valence-electron chi connectivity index (χ2n) is 6.84. The van der Waals surface area contributed by atoms with Gasteiger partial charge in [0.2, 0.25) is 0 Å². The molecule has 1 aromatic carbocycles. The van der Waals surface area contributed by atoms with Gasteiger partial charge in [0.25, 0.3) is 5.91 Å². The van der Waals surface area contributed by atoms with Crippen molar-refractivity contribution >= 4 is 33.6 Å². The summed E-state index contributed by atoms with van der Waals surface area (Å²) in [4.78, 5) is 28.2. The van der Waals surface area contributed by atoms with Crippen LogP contribution in [0.1, 0.15) is 13.8 Å². The smallest absolute Gasteiger partial charge is 0.406 e. The lowest BCUT2D eigenvalue weighted by molar-refractivity contribution is -0.274. The normalized spacial score (nSPS) is 23.9. The molecule has 150 valence electrons. The van der Waals surface area contributed by atoms with Gasteiger partial charge in [0, 0.05) is 0 Å². The maximum Gasteiger partial charge on any atom is 0.573 e. The average molecular weight is 460 g/mol. The summed E-state index contributed by atoms with van der Waals surface area (Å²) in [7, 11) is 0. The number of ether oxygens (including phenoxy) is 1. The highest BCUT2D eigenvalue weighted by Gasteiger charge is 2.53. The zero-order valence-corrected chi connectivity index (χ0v) is 16.5. The minimum Gasteiger partial charge on any atom is -0.406 e. The molecule has 3 amide bonds. The van der Waals surface area contributed by atoms with Gasteiger partial charge in [-0.05, 0) is 56.5 Å². The van der Waals surface area contributed by atoms with Gasteiger partial charge in [-0.25, -0.2) is 9.69 Å². The molecule has 2 aliphatic heterocycles. The van der Waals surface area contributed by atoms with Gasteiger partial charge in [-0.3, -0.25) is 4.79 Å². The zero-order valence-electron chi connectivity index (χ0n) is 15.0. The van der Waals surface area contributed by atoms with Crippen molar-refractivity contribution in [2.24, 2.45) is 0 Å². The van der Waals surface area contributed by atoms with Crippen molar-refractivity contribution in [1.29, 1.82) is 0 Å². The van der Waals surface area contributed by atoms with Crippen molar-refractivity contribution in [2.45, 2.75) is 30.2 Å². The molecule has 0 bridgehead atoms. The Morgan fingerprint density at radius 1 is 1.14 bits per heavy atom. The molecule has 1 atom stereocenters. The third-order valence-corrected chi connectivity index (χ3v) is 5.18. The number of hydrogen-bond donors (Lipinski definition) is 1. The quantitative estimate of drug-likeness (QED) is 0.421. The van der Waals surface area contributed by atoms with Crippen molar-refractivity contribution in [3.63, 3.8) is 0 Å². The number of hydrogen-bond acceptors (Lipinski definition) is 4. The minimum atomic E-state index is -4.82. The molecular weight excluding hydrogens is 443 g/mol. The van der Waals surface area contributed by atoms with Crippen LogP contribution in [0, 0.1) is 0 Å². The van der Waals surface area contributed by atoms with Crippen LogP contribution in [0.2, 0.25) is 0 Å². The molecule has 2 aliphatic rings. The first-order valence-corrected chi connectivity index (χ1v) is 9.05. The second-order valence-corrected chi connectivity index (χ2v) is 8.25. The van der Waals surface area contributed by atoms with E-state index in [-0.39, 0.29) is 12.2 Å². The molecule has 1 fully saturated rings. The number of dihydropyridines is 1. The summed E-state index contributed by atoms with van der Waals surface area (Å²) >= 11 is 3.52. The Morgan fingerprint density at radius 2 is 1.79 bits per heavy atom. The topological polar surface area (TPSA) is 61.9 Å². The first kappa shape index (κ1) is 20.2. The van der Waals surface area contributed by atoms with Gasteiger partial charge in [0.05, 0.1) is 12.2 Å². The predicted molar refractivity (Wildman–Crippen MR) is 99.9 cm³/mol. The van der Waals surface area contributed by atoms with Gasteiger partial charge in [0.15, 0.2) is 0 Å². The molecule has 1 unspecified atom stereocenters. The summed E-state index contributed by atoms with van der Waals surface area (Å²) in [6, 6.07) is 4.02. The Morgan fingerprint density at radius 3 is 2.32 bits per heavy atom. The lowest BCUT2D eigenvalue weighted by Gasteiger charge is -2.36. The first-order chi connectivity index (χ1) is 12.9. The van der Waals surface area contributed by atoms with E-state index in [1.807, 2.05) is 6.08 Å². The minimum absolute atomic E-state index is 0.150. The average Bonchev–Trinajstić information content (AvgIpc) is 2.75. The fraction of sp³-hybridized carbons (Fsp3) is 0.333. The summed E-state index contributed by atoms with van der Waals surface area (Å²) in [5.41, 5.74) is -0.980. The van der Waals surface area contributed by atoms with E-state index < -0.39 is 34.0 Å². The molecule has 2 heterocycles. The number of carbonyl (C=O) groups excluding carboxylic acids is 2. The van der Waals surface area contributed by atoms with E-state index in [1.54, 1.807) is 32.2 Å². The van der Waals surface area contributed by atoms with Crippen molar-refractivity contribution in [3.05, 3.63) is 48.7 Å². The first-order valence-electron chi connectivity index (χ1n) is 8.26. The van der Waals surface area contributed by atoms with E-state index in [4.69, 9.17) is 0 Å². The molecule has 0 aliphatic carbocycles. The molecule has 10 heteroatoms. The van der Waals surface area contributed by atoms with Crippen LogP contribution >= 0.6 is 15.9 Å². The van der Waals surface area contributed by atoms with Crippen molar-refractivity contribution in [2.75, 3.05) is 11.4 Å². The number of urea groups is 1. The maximum atomic E-state index is 13.0. The SMILES string of the molecule is CC1(C)C(=O)N(c2ccc(OC(F)(F)F)cc2)C(=O)N1CC1(Br)C=CC=CN1. The van der Waals surface area contributed by atoms with Crippen LogP contribution in [-0.4, -0.2) is 39.7 Å². The number of benzene rings is 1. The summed E-state index contributed by atoms with van der Waals surface area (Å²) < 4.78 is 40.0. The van der Waals surface area contributed by atoms with Gasteiger partial charge >= 0.3 is 12.4 Å². The highest BCUT2D eigenvalue weighted by Crippen LogP contribution is 2.35. The van der Waals surface area contributed by atoms with E-state index in [0.29, 0.717) is 0 Å². The van der Waals surface area contributed by atoms with E-state index in [2.05, 4.69) is 26.0 Å². The van der Waals surface area contributed by atoms with Crippen LogP contribution in [-0.2, 0) is 4.79 Å². The van der Waals surface area contributed by atoms with Crippen LogP contribution < -0.4 is 15.0 Å².